The number of para-hydroxylation sites is 2. The lowest BCUT2D eigenvalue weighted by molar-refractivity contribution is -0.118. The molecule has 4 aromatic rings. The van der Waals surface area contributed by atoms with E-state index in [2.05, 4.69) is 15.6 Å². The average molecular weight is 433 g/mol. The van der Waals surface area contributed by atoms with Crippen LogP contribution in [0.15, 0.2) is 72.8 Å². The molecule has 0 radical (unpaired) electrons. The molecule has 32 heavy (non-hydrogen) atoms. The molecule has 1 aromatic heterocycles. The highest BCUT2D eigenvalue weighted by Gasteiger charge is 2.12. The first-order chi connectivity index (χ1) is 15.5. The second-order valence-electron chi connectivity index (χ2n) is 6.94. The summed E-state index contributed by atoms with van der Waals surface area (Å²) in [5.41, 5.74) is 1.94. The van der Waals surface area contributed by atoms with Crippen molar-refractivity contribution in [3.05, 3.63) is 84.3 Å². The number of ether oxygens (including phenoxy) is 2. The third-order valence-corrected chi connectivity index (χ3v) is 4.66. The third kappa shape index (κ3) is 4.86. The summed E-state index contributed by atoms with van der Waals surface area (Å²) in [5.74, 6) is -0.127. The van der Waals surface area contributed by atoms with E-state index in [0.717, 1.165) is 0 Å². The Hall–Kier alpha value is -4.33. The van der Waals surface area contributed by atoms with Gasteiger partial charge >= 0.3 is 0 Å². The van der Waals surface area contributed by atoms with E-state index in [9.17, 15) is 14.0 Å². The molecule has 0 bridgehead atoms. The van der Waals surface area contributed by atoms with E-state index in [1.54, 1.807) is 60.7 Å². The van der Waals surface area contributed by atoms with Crippen LogP contribution < -0.4 is 20.1 Å². The topological polar surface area (TPSA) is 92.4 Å². The normalized spacial score (nSPS) is 10.6. The Labute approximate surface area is 183 Å². The predicted molar refractivity (Wildman–Crippen MR) is 120 cm³/mol. The summed E-state index contributed by atoms with van der Waals surface area (Å²) in [4.78, 5) is 27.8. The molecule has 3 aromatic carbocycles. The van der Waals surface area contributed by atoms with Crippen molar-refractivity contribution in [2.75, 3.05) is 24.4 Å². The Balaban J connectivity index is 1.38. The summed E-state index contributed by atoms with van der Waals surface area (Å²) in [6.45, 7) is -0.206. The van der Waals surface area contributed by atoms with Gasteiger partial charge in [0.15, 0.2) is 18.1 Å². The monoisotopic (exact) mass is 433 g/mol. The number of hydrogen-bond acceptors (Lipinski definition) is 4. The van der Waals surface area contributed by atoms with Crippen molar-refractivity contribution in [2.45, 2.75) is 0 Å². The van der Waals surface area contributed by atoms with E-state index in [1.165, 1.54) is 19.2 Å². The average Bonchev–Trinajstić information content (AvgIpc) is 3.21. The Morgan fingerprint density at radius 3 is 2.44 bits per heavy atom. The maximum atomic E-state index is 13.4. The summed E-state index contributed by atoms with van der Waals surface area (Å²) < 4.78 is 24.1. The number of anilines is 2. The maximum absolute atomic E-state index is 13.4. The van der Waals surface area contributed by atoms with Gasteiger partial charge in [0.2, 0.25) is 0 Å². The Morgan fingerprint density at radius 2 is 1.66 bits per heavy atom. The number of hydrogen-bond donors (Lipinski definition) is 3. The third-order valence-electron chi connectivity index (χ3n) is 4.66. The van der Waals surface area contributed by atoms with Gasteiger partial charge in [0, 0.05) is 22.3 Å². The summed E-state index contributed by atoms with van der Waals surface area (Å²) in [7, 11) is 1.52. The minimum atomic E-state index is -0.385. The predicted octanol–water partition coefficient (Wildman–Crippen LogP) is 4.59. The number of carbonyl (C=O) groups is 2. The number of fused-ring (bicyclic) bond motifs is 1. The molecule has 2 amide bonds. The van der Waals surface area contributed by atoms with E-state index < -0.39 is 0 Å². The summed E-state index contributed by atoms with van der Waals surface area (Å²) in [5, 5.41) is 6.09. The van der Waals surface area contributed by atoms with Gasteiger partial charge in [-0.25, -0.2) is 4.39 Å². The lowest BCUT2D eigenvalue weighted by atomic mass is 10.2. The molecular weight excluding hydrogens is 413 g/mol. The number of carbonyl (C=O) groups excluding carboxylic acids is 2. The Bertz CT molecular complexity index is 1290. The van der Waals surface area contributed by atoms with Crippen molar-refractivity contribution in [3.63, 3.8) is 0 Å². The van der Waals surface area contributed by atoms with Gasteiger partial charge in [-0.3, -0.25) is 9.59 Å². The minimum absolute atomic E-state index is 0.206. The number of benzene rings is 3. The highest BCUT2D eigenvalue weighted by molar-refractivity contribution is 6.06. The lowest BCUT2D eigenvalue weighted by Gasteiger charge is -2.11. The van der Waals surface area contributed by atoms with E-state index in [-0.39, 0.29) is 24.2 Å². The smallest absolute Gasteiger partial charge is 0.272 e. The van der Waals surface area contributed by atoms with Crippen molar-refractivity contribution in [1.29, 1.82) is 0 Å². The highest BCUT2D eigenvalue weighted by Crippen LogP contribution is 2.25. The van der Waals surface area contributed by atoms with Crippen molar-refractivity contribution >= 4 is 34.1 Å². The van der Waals surface area contributed by atoms with E-state index in [0.29, 0.717) is 39.5 Å². The van der Waals surface area contributed by atoms with Crippen LogP contribution in [0.4, 0.5) is 15.8 Å². The van der Waals surface area contributed by atoms with Gasteiger partial charge in [-0.05, 0) is 54.6 Å². The first-order valence-corrected chi connectivity index (χ1v) is 9.77. The number of aromatic amines is 1. The molecule has 0 spiro atoms. The van der Waals surface area contributed by atoms with Crippen molar-refractivity contribution in [3.8, 4) is 11.5 Å². The van der Waals surface area contributed by atoms with E-state index >= 15 is 0 Å². The van der Waals surface area contributed by atoms with Crippen LogP contribution in [-0.2, 0) is 4.79 Å². The van der Waals surface area contributed by atoms with Crippen molar-refractivity contribution < 1.29 is 23.5 Å². The molecule has 0 unspecified atom stereocenters. The van der Waals surface area contributed by atoms with Crippen LogP contribution in [0.25, 0.3) is 10.9 Å². The fourth-order valence-corrected chi connectivity index (χ4v) is 3.18. The molecule has 7 nitrogen and oxygen atoms in total. The van der Waals surface area contributed by atoms with Gasteiger partial charge < -0.3 is 25.1 Å². The number of nitrogens with one attached hydrogen (secondary N) is 3. The largest absolute Gasteiger partial charge is 0.493 e. The lowest BCUT2D eigenvalue weighted by Crippen LogP contribution is -2.20. The fraction of sp³-hybridized carbons (Fsp3) is 0.0833. The van der Waals surface area contributed by atoms with Crippen LogP contribution in [0.2, 0.25) is 0 Å². The zero-order chi connectivity index (χ0) is 22.5. The molecule has 0 atom stereocenters. The van der Waals surface area contributed by atoms with Gasteiger partial charge in [0.1, 0.15) is 11.5 Å². The number of aromatic nitrogens is 1. The van der Waals surface area contributed by atoms with Gasteiger partial charge in [-0.15, -0.1) is 0 Å². The van der Waals surface area contributed by atoms with Crippen LogP contribution in [0.5, 0.6) is 11.5 Å². The highest BCUT2D eigenvalue weighted by atomic mass is 19.1. The Morgan fingerprint density at radius 1 is 0.906 bits per heavy atom. The van der Waals surface area contributed by atoms with Crippen molar-refractivity contribution in [1.82, 2.24) is 4.98 Å². The molecule has 0 fully saturated rings. The standard InChI is InChI=1S/C24H20FN3O4/c1-31-21-7-2-3-8-22(21)32-14-23(29)26-17-5-4-6-18(13-17)27-24(30)20-12-15-11-16(25)9-10-19(15)28-20/h2-13,28H,14H2,1H3,(H,26,29)(H,27,30). The van der Waals surface area contributed by atoms with Crippen LogP contribution in [0.3, 0.4) is 0 Å². The molecule has 162 valence electrons. The number of amides is 2. The maximum Gasteiger partial charge on any atom is 0.272 e. The molecule has 0 aliphatic heterocycles. The molecular formula is C24H20FN3O4. The first-order valence-electron chi connectivity index (χ1n) is 9.77. The van der Waals surface area contributed by atoms with Gasteiger partial charge in [0.25, 0.3) is 11.8 Å². The van der Waals surface area contributed by atoms with Crippen LogP contribution in [0, 0.1) is 5.82 Å². The summed E-state index contributed by atoms with van der Waals surface area (Å²) in [6, 6.07) is 19.6. The number of halogens is 1. The minimum Gasteiger partial charge on any atom is -0.493 e. The van der Waals surface area contributed by atoms with Crippen molar-refractivity contribution in [2.24, 2.45) is 0 Å². The van der Waals surface area contributed by atoms with Crippen LogP contribution in [-0.4, -0.2) is 30.5 Å². The van der Waals surface area contributed by atoms with Gasteiger partial charge in [-0.2, -0.15) is 0 Å². The van der Waals surface area contributed by atoms with Gasteiger partial charge in [-0.1, -0.05) is 18.2 Å². The molecule has 0 aliphatic carbocycles. The molecule has 0 saturated carbocycles. The van der Waals surface area contributed by atoms with Crippen LogP contribution in [0.1, 0.15) is 10.5 Å². The number of rotatable bonds is 7. The molecule has 8 heteroatoms. The molecule has 4 rings (SSSR count). The molecule has 0 saturated heterocycles. The zero-order valence-corrected chi connectivity index (χ0v) is 17.1. The fourth-order valence-electron chi connectivity index (χ4n) is 3.18. The molecule has 3 N–H and O–H groups in total. The number of methoxy groups -OCH3 is 1. The van der Waals surface area contributed by atoms with E-state index in [4.69, 9.17) is 9.47 Å². The SMILES string of the molecule is COc1ccccc1OCC(=O)Nc1cccc(NC(=O)c2cc3cc(F)ccc3[nH]2)c1. The molecule has 0 aliphatic rings. The zero-order valence-electron chi connectivity index (χ0n) is 17.1. The second kappa shape index (κ2) is 9.22. The quantitative estimate of drug-likeness (QED) is 0.398. The second-order valence-corrected chi connectivity index (χ2v) is 6.94. The summed E-state index contributed by atoms with van der Waals surface area (Å²) in [6.07, 6.45) is 0. The Kier molecular flexibility index (Phi) is 6.03. The number of H-pyrrole nitrogens is 1. The first kappa shape index (κ1) is 20.9. The van der Waals surface area contributed by atoms with Crippen LogP contribution >= 0.6 is 0 Å². The van der Waals surface area contributed by atoms with Gasteiger partial charge in [0.05, 0.1) is 7.11 Å². The van der Waals surface area contributed by atoms with E-state index in [1.807, 2.05) is 0 Å². The molecule has 1 heterocycles. The summed E-state index contributed by atoms with van der Waals surface area (Å²) >= 11 is 0.